The van der Waals surface area contributed by atoms with Gasteiger partial charge in [-0.2, -0.15) is 0 Å². The molecule has 0 spiro atoms. The number of hydrogen-bond acceptors (Lipinski definition) is 4. The van der Waals surface area contributed by atoms with E-state index in [4.69, 9.17) is 5.73 Å². The highest BCUT2D eigenvalue weighted by atomic mass is 16.3. The Hall–Kier alpha value is -1.26. The van der Waals surface area contributed by atoms with Gasteiger partial charge in [-0.05, 0) is 85.1 Å². The SMILES string of the molecule is C=C1CC[C@H]2[C@@H](CN)[C@@H]([C@]3(C)Cc4cncnc4C[C@@H]3CO)CC[C@]12C. The van der Waals surface area contributed by atoms with E-state index < -0.39 is 0 Å². The quantitative estimate of drug-likeness (QED) is 0.817. The number of nitrogens with zero attached hydrogens (tertiary/aromatic N) is 2. The van der Waals surface area contributed by atoms with E-state index in [0.29, 0.717) is 17.8 Å². The number of allylic oxidation sites excluding steroid dienone is 1. The summed E-state index contributed by atoms with van der Waals surface area (Å²) in [4.78, 5) is 8.75. The zero-order valence-corrected chi connectivity index (χ0v) is 16.2. The molecule has 2 saturated carbocycles. The Labute approximate surface area is 157 Å². The third kappa shape index (κ3) is 2.49. The normalized spacial score (nSPS) is 42.4. The largest absolute Gasteiger partial charge is 0.396 e. The monoisotopic (exact) mass is 355 g/mol. The van der Waals surface area contributed by atoms with Crippen molar-refractivity contribution in [2.24, 2.45) is 40.2 Å². The Balaban J connectivity index is 1.70. The van der Waals surface area contributed by atoms with Crippen LogP contribution in [0.4, 0.5) is 0 Å². The van der Waals surface area contributed by atoms with Crippen LogP contribution in [0.1, 0.15) is 50.8 Å². The highest BCUT2D eigenvalue weighted by Crippen LogP contribution is 2.62. The summed E-state index contributed by atoms with van der Waals surface area (Å²) in [6, 6.07) is 0. The van der Waals surface area contributed by atoms with Gasteiger partial charge in [-0.1, -0.05) is 26.0 Å². The van der Waals surface area contributed by atoms with Crippen LogP contribution in [0.5, 0.6) is 0 Å². The lowest BCUT2D eigenvalue weighted by Gasteiger charge is -2.56. The molecule has 6 atom stereocenters. The van der Waals surface area contributed by atoms with E-state index in [1.807, 2.05) is 6.20 Å². The Morgan fingerprint density at radius 1 is 1.31 bits per heavy atom. The van der Waals surface area contributed by atoms with E-state index in [1.165, 1.54) is 30.4 Å². The van der Waals surface area contributed by atoms with E-state index in [2.05, 4.69) is 30.4 Å². The first-order valence-corrected chi connectivity index (χ1v) is 10.2. The third-order valence-electron chi connectivity index (χ3n) is 8.56. The molecule has 0 amide bonds. The molecule has 4 nitrogen and oxygen atoms in total. The number of fused-ring (bicyclic) bond motifs is 2. The van der Waals surface area contributed by atoms with Crippen molar-refractivity contribution < 1.29 is 5.11 Å². The van der Waals surface area contributed by atoms with Gasteiger partial charge < -0.3 is 10.8 Å². The molecule has 142 valence electrons. The minimum Gasteiger partial charge on any atom is -0.396 e. The minimum atomic E-state index is 0.0573. The molecule has 0 radical (unpaired) electrons. The second kappa shape index (κ2) is 6.42. The van der Waals surface area contributed by atoms with E-state index in [1.54, 1.807) is 6.33 Å². The predicted octanol–water partition coefficient (Wildman–Crippen LogP) is 3.15. The molecular formula is C22H33N3O. The summed E-state index contributed by atoms with van der Waals surface area (Å²) in [6.07, 6.45) is 10.2. The van der Waals surface area contributed by atoms with Crippen molar-refractivity contribution >= 4 is 0 Å². The highest BCUT2D eigenvalue weighted by Gasteiger charge is 2.56. The van der Waals surface area contributed by atoms with Crippen molar-refractivity contribution in [3.05, 3.63) is 35.9 Å². The zero-order chi connectivity index (χ0) is 18.5. The number of aliphatic hydroxyl groups excluding tert-OH is 1. The van der Waals surface area contributed by atoms with Gasteiger partial charge in [0.05, 0.1) is 0 Å². The van der Waals surface area contributed by atoms with Crippen molar-refractivity contribution in [2.75, 3.05) is 13.2 Å². The average Bonchev–Trinajstić information content (AvgIpc) is 2.95. The lowest BCUT2D eigenvalue weighted by Crippen LogP contribution is -2.53. The first kappa shape index (κ1) is 18.1. The average molecular weight is 356 g/mol. The lowest BCUT2D eigenvalue weighted by atomic mass is 9.49. The highest BCUT2D eigenvalue weighted by molar-refractivity contribution is 5.26. The van der Waals surface area contributed by atoms with Gasteiger partial charge >= 0.3 is 0 Å². The third-order valence-corrected chi connectivity index (χ3v) is 8.56. The van der Waals surface area contributed by atoms with Crippen LogP contribution in [0, 0.1) is 34.5 Å². The van der Waals surface area contributed by atoms with Gasteiger partial charge in [-0.15, -0.1) is 0 Å². The standard InChI is InChI=1S/C22H33N3O/c1-14-4-5-18-17(10-23)19(6-7-21(14,18)2)22(3)9-15-11-24-13-25-20(15)8-16(22)12-26/h11,13,16-19,26H,1,4-10,12,23H2,2-3H3/t16-,17-,18+,19+,21-,22-/m1/s1. The van der Waals surface area contributed by atoms with Crippen LogP contribution in [0.25, 0.3) is 0 Å². The topological polar surface area (TPSA) is 72.0 Å². The molecule has 0 saturated heterocycles. The predicted molar refractivity (Wildman–Crippen MR) is 103 cm³/mol. The summed E-state index contributed by atoms with van der Waals surface area (Å²) in [5, 5.41) is 10.2. The molecular weight excluding hydrogens is 322 g/mol. The Bertz CT molecular complexity index is 704. The van der Waals surface area contributed by atoms with Crippen LogP contribution in [-0.2, 0) is 12.8 Å². The number of aliphatic hydroxyl groups is 1. The molecule has 4 heteroatoms. The summed E-state index contributed by atoms with van der Waals surface area (Å²) in [5.74, 6) is 1.95. The molecule has 0 unspecified atom stereocenters. The van der Waals surface area contributed by atoms with Gasteiger partial charge in [0.15, 0.2) is 0 Å². The van der Waals surface area contributed by atoms with Crippen molar-refractivity contribution in [1.29, 1.82) is 0 Å². The smallest absolute Gasteiger partial charge is 0.115 e. The van der Waals surface area contributed by atoms with Crippen LogP contribution in [0.2, 0.25) is 0 Å². The number of hydrogen-bond donors (Lipinski definition) is 2. The van der Waals surface area contributed by atoms with Crippen LogP contribution in [0.15, 0.2) is 24.7 Å². The molecule has 1 heterocycles. The maximum absolute atomic E-state index is 10.2. The number of nitrogens with two attached hydrogens (primary N) is 1. The summed E-state index contributed by atoms with van der Waals surface area (Å²) in [5.41, 5.74) is 10.5. The van der Waals surface area contributed by atoms with Gasteiger partial charge in [0.2, 0.25) is 0 Å². The fourth-order valence-corrected chi connectivity index (χ4v) is 6.79. The van der Waals surface area contributed by atoms with E-state index >= 15 is 0 Å². The summed E-state index contributed by atoms with van der Waals surface area (Å²) < 4.78 is 0. The Kier molecular flexibility index (Phi) is 4.47. The first-order chi connectivity index (χ1) is 12.4. The molecule has 1 aromatic heterocycles. The van der Waals surface area contributed by atoms with E-state index in [0.717, 1.165) is 31.5 Å². The minimum absolute atomic E-state index is 0.0573. The van der Waals surface area contributed by atoms with Gasteiger partial charge in [0, 0.05) is 18.5 Å². The van der Waals surface area contributed by atoms with Gasteiger partial charge in [0.25, 0.3) is 0 Å². The van der Waals surface area contributed by atoms with Crippen LogP contribution >= 0.6 is 0 Å². The maximum Gasteiger partial charge on any atom is 0.115 e. The second-order valence-corrected chi connectivity index (χ2v) is 9.47. The maximum atomic E-state index is 10.2. The Morgan fingerprint density at radius 2 is 2.12 bits per heavy atom. The molecule has 3 aliphatic carbocycles. The summed E-state index contributed by atoms with van der Waals surface area (Å²) in [6.45, 7) is 10.2. The van der Waals surface area contributed by atoms with Crippen LogP contribution < -0.4 is 5.73 Å². The lowest BCUT2D eigenvalue weighted by molar-refractivity contribution is -0.0539. The zero-order valence-electron chi connectivity index (χ0n) is 16.2. The van der Waals surface area contributed by atoms with Crippen LogP contribution in [-0.4, -0.2) is 28.2 Å². The van der Waals surface area contributed by atoms with Crippen LogP contribution in [0.3, 0.4) is 0 Å². The summed E-state index contributed by atoms with van der Waals surface area (Å²) >= 11 is 0. The van der Waals surface area contributed by atoms with Crippen molar-refractivity contribution in [1.82, 2.24) is 9.97 Å². The van der Waals surface area contributed by atoms with Crippen molar-refractivity contribution in [2.45, 2.75) is 52.4 Å². The fraction of sp³-hybridized carbons (Fsp3) is 0.727. The molecule has 1 aromatic rings. The van der Waals surface area contributed by atoms with Crippen molar-refractivity contribution in [3.63, 3.8) is 0 Å². The molecule has 4 rings (SSSR count). The van der Waals surface area contributed by atoms with Gasteiger partial charge in [-0.3, -0.25) is 0 Å². The van der Waals surface area contributed by atoms with Gasteiger partial charge in [0.1, 0.15) is 6.33 Å². The number of rotatable bonds is 3. The molecule has 0 aromatic carbocycles. The van der Waals surface area contributed by atoms with E-state index in [9.17, 15) is 5.11 Å². The molecule has 2 fully saturated rings. The molecule has 0 bridgehead atoms. The Morgan fingerprint density at radius 3 is 2.85 bits per heavy atom. The number of aromatic nitrogens is 2. The second-order valence-electron chi connectivity index (χ2n) is 9.47. The summed E-state index contributed by atoms with van der Waals surface area (Å²) in [7, 11) is 0. The molecule has 3 aliphatic rings. The van der Waals surface area contributed by atoms with Gasteiger partial charge in [-0.25, -0.2) is 9.97 Å². The van der Waals surface area contributed by atoms with E-state index in [-0.39, 0.29) is 23.4 Å². The fourth-order valence-electron chi connectivity index (χ4n) is 6.79. The first-order valence-electron chi connectivity index (χ1n) is 10.2. The van der Waals surface area contributed by atoms with Crippen molar-refractivity contribution in [3.8, 4) is 0 Å². The molecule has 26 heavy (non-hydrogen) atoms. The molecule has 0 aliphatic heterocycles. The molecule has 3 N–H and O–H groups in total.